The van der Waals surface area contributed by atoms with E-state index in [9.17, 15) is 9.18 Å². The highest BCUT2D eigenvalue weighted by atomic mass is 127. The van der Waals surface area contributed by atoms with Crippen LogP contribution in [0.4, 0.5) is 4.39 Å². The molecule has 9 heteroatoms. The smallest absolute Gasteiger partial charge is 0.256 e. The molecule has 0 saturated heterocycles. The molecule has 1 aromatic carbocycles. The zero-order valence-electron chi connectivity index (χ0n) is 18.4. The minimum Gasteiger partial charge on any atom is -0.477 e. The molecule has 0 spiro atoms. The van der Waals surface area contributed by atoms with Crippen LogP contribution in [0.25, 0.3) is 5.69 Å². The Balaban J connectivity index is 1.82. The Labute approximate surface area is 201 Å². The van der Waals surface area contributed by atoms with Gasteiger partial charge in [-0.25, -0.2) is 9.37 Å². The Morgan fingerprint density at radius 2 is 2.00 bits per heavy atom. The Kier molecular flexibility index (Phi) is 8.54. The van der Waals surface area contributed by atoms with Gasteiger partial charge in [0.15, 0.2) is 0 Å². The van der Waals surface area contributed by atoms with Crippen molar-refractivity contribution in [2.24, 2.45) is 5.92 Å². The molecule has 2 atom stereocenters. The van der Waals surface area contributed by atoms with Gasteiger partial charge in [-0.3, -0.25) is 4.79 Å². The standard InChI is InChI=1S/C23H27FIN5O2/c1-4-20(17(9-10-25)15-32-22-8-6-18(24)14-26-22)29(3)23(31)19-13-16(2)5-7-21(19)30-27-11-12-28-30/h5-8,11-14,17,20H,4,9-10,15H2,1-3H3/t17-,20?/m0/s1. The number of ether oxygens (including phenoxy) is 1. The van der Waals surface area contributed by atoms with E-state index in [1.807, 2.05) is 32.2 Å². The van der Waals surface area contributed by atoms with E-state index in [1.165, 1.54) is 16.9 Å². The van der Waals surface area contributed by atoms with Crippen LogP contribution in [0.15, 0.2) is 48.9 Å². The van der Waals surface area contributed by atoms with Crippen LogP contribution in [0.1, 0.15) is 35.7 Å². The second kappa shape index (κ2) is 11.3. The van der Waals surface area contributed by atoms with Gasteiger partial charge in [0.2, 0.25) is 5.88 Å². The monoisotopic (exact) mass is 551 g/mol. The summed E-state index contributed by atoms with van der Waals surface area (Å²) >= 11 is 2.34. The molecule has 1 amide bonds. The largest absolute Gasteiger partial charge is 0.477 e. The maximum atomic E-state index is 13.6. The first-order valence-corrected chi connectivity index (χ1v) is 12.0. The van der Waals surface area contributed by atoms with Crippen molar-refractivity contribution in [2.75, 3.05) is 18.1 Å². The van der Waals surface area contributed by atoms with Crippen LogP contribution < -0.4 is 4.74 Å². The first-order chi connectivity index (χ1) is 15.4. The van der Waals surface area contributed by atoms with E-state index >= 15 is 0 Å². The Bertz CT molecular complexity index is 1010. The molecule has 170 valence electrons. The molecule has 3 aromatic rings. The van der Waals surface area contributed by atoms with Crippen molar-refractivity contribution < 1.29 is 13.9 Å². The zero-order valence-corrected chi connectivity index (χ0v) is 20.6. The number of pyridine rings is 1. The van der Waals surface area contributed by atoms with Crippen LogP contribution in [-0.2, 0) is 0 Å². The first-order valence-electron chi connectivity index (χ1n) is 10.5. The summed E-state index contributed by atoms with van der Waals surface area (Å²) in [5.41, 5.74) is 2.18. The topological polar surface area (TPSA) is 73.1 Å². The van der Waals surface area contributed by atoms with Gasteiger partial charge in [0.25, 0.3) is 5.91 Å². The van der Waals surface area contributed by atoms with Crippen molar-refractivity contribution in [3.8, 4) is 11.6 Å². The predicted octanol–water partition coefficient (Wildman–Crippen LogP) is 4.48. The molecule has 2 aromatic heterocycles. The third-order valence-electron chi connectivity index (χ3n) is 5.42. The van der Waals surface area contributed by atoms with Gasteiger partial charge in [-0.1, -0.05) is 41.1 Å². The van der Waals surface area contributed by atoms with Crippen molar-refractivity contribution >= 4 is 28.5 Å². The number of amides is 1. The van der Waals surface area contributed by atoms with E-state index in [0.717, 1.165) is 29.0 Å². The summed E-state index contributed by atoms with van der Waals surface area (Å²) in [6.45, 7) is 4.41. The van der Waals surface area contributed by atoms with E-state index in [-0.39, 0.29) is 17.9 Å². The summed E-state index contributed by atoms with van der Waals surface area (Å²) in [5, 5.41) is 8.39. The highest BCUT2D eigenvalue weighted by Crippen LogP contribution is 2.24. The van der Waals surface area contributed by atoms with Crippen LogP contribution in [0, 0.1) is 18.7 Å². The van der Waals surface area contributed by atoms with Crippen molar-refractivity contribution in [3.05, 3.63) is 65.9 Å². The van der Waals surface area contributed by atoms with E-state index < -0.39 is 5.82 Å². The number of carbonyl (C=O) groups excluding carboxylic acids is 1. The normalized spacial score (nSPS) is 12.9. The maximum absolute atomic E-state index is 13.6. The lowest BCUT2D eigenvalue weighted by atomic mass is 9.93. The number of carbonyl (C=O) groups is 1. The average Bonchev–Trinajstić information content (AvgIpc) is 3.33. The minimum absolute atomic E-state index is 0.0448. The highest BCUT2D eigenvalue weighted by molar-refractivity contribution is 14.1. The molecule has 0 aliphatic heterocycles. The first kappa shape index (κ1) is 24.1. The molecule has 1 unspecified atom stereocenters. The molecule has 7 nitrogen and oxygen atoms in total. The third kappa shape index (κ3) is 5.81. The van der Waals surface area contributed by atoms with Crippen molar-refractivity contribution in [1.82, 2.24) is 24.9 Å². The van der Waals surface area contributed by atoms with Gasteiger partial charge in [0.1, 0.15) is 5.82 Å². The lowest BCUT2D eigenvalue weighted by molar-refractivity contribution is 0.0613. The van der Waals surface area contributed by atoms with Crippen molar-refractivity contribution in [2.45, 2.75) is 32.7 Å². The Morgan fingerprint density at radius 1 is 1.25 bits per heavy atom. The number of nitrogens with zero attached hydrogens (tertiary/aromatic N) is 5. The fourth-order valence-electron chi connectivity index (χ4n) is 3.77. The fraction of sp³-hybridized carbons (Fsp3) is 0.391. The second-order valence-corrected chi connectivity index (χ2v) is 8.67. The average molecular weight is 551 g/mol. The summed E-state index contributed by atoms with van der Waals surface area (Å²) < 4.78 is 19.9. The van der Waals surface area contributed by atoms with Crippen LogP contribution in [0.3, 0.4) is 0 Å². The lowest BCUT2D eigenvalue weighted by Crippen LogP contribution is -2.44. The van der Waals surface area contributed by atoms with E-state index in [1.54, 1.807) is 17.3 Å². The van der Waals surface area contributed by atoms with Crippen LogP contribution in [0.2, 0.25) is 0 Å². The summed E-state index contributed by atoms with van der Waals surface area (Å²) in [5.74, 6) is -0.0296. The molecule has 0 radical (unpaired) electrons. The molecule has 0 aliphatic rings. The zero-order chi connectivity index (χ0) is 23.1. The van der Waals surface area contributed by atoms with Crippen LogP contribution in [0.5, 0.6) is 5.88 Å². The SMILES string of the molecule is CCC([C@@H](CCI)COc1ccc(F)cn1)N(C)C(=O)c1cc(C)ccc1-n1nccn1. The molecule has 3 rings (SSSR count). The highest BCUT2D eigenvalue weighted by Gasteiger charge is 2.29. The van der Waals surface area contributed by atoms with E-state index in [4.69, 9.17) is 4.74 Å². The molecule has 0 N–H and O–H groups in total. The molecule has 0 bridgehead atoms. The Hall–Kier alpha value is -2.56. The molecule has 0 fully saturated rings. The summed E-state index contributed by atoms with van der Waals surface area (Å²) in [4.78, 5) is 20.8. The summed E-state index contributed by atoms with van der Waals surface area (Å²) in [7, 11) is 1.83. The second-order valence-electron chi connectivity index (χ2n) is 7.59. The molecule has 32 heavy (non-hydrogen) atoms. The number of halogens is 2. The van der Waals surface area contributed by atoms with Crippen LogP contribution >= 0.6 is 22.6 Å². The number of aryl methyl sites for hydroxylation is 1. The number of rotatable bonds is 10. The van der Waals surface area contributed by atoms with Gasteiger partial charge in [-0.15, -0.1) is 0 Å². The minimum atomic E-state index is -0.404. The Morgan fingerprint density at radius 3 is 2.62 bits per heavy atom. The number of hydrogen-bond donors (Lipinski definition) is 0. The van der Waals surface area contributed by atoms with Gasteiger partial charge in [0.05, 0.1) is 36.4 Å². The maximum Gasteiger partial charge on any atom is 0.256 e. The summed E-state index contributed by atoms with van der Waals surface area (Å²) in [6.07, 6.45) is 5.95. The number of benzene rings is 1. The van der Waals surface area contributed by atoms with Gasteiger partial charge >= 0.3 is 0 Å². The third-order valence-corrected chi connectivity index (χ3v) is 6.05. The van der Waals surface area contributed by atoms with Gasteiger partial charge in [-0.05, 0) is 42.4 Å². The van der Waals surface area contributed by atoms with Crippen molar-refractivity contribution in [3.63, 3.8) is 0 Å². The van der Waals surface area contributed by atoms with Crippen LogP contribution in [-0.4, -0.2) is 54.9 Å². The number of aromatic nitrogens is 4. The molecule has 0 saturated carbocycles. The quantitative estimate of drug-likeness (QED) is 0.275. The molecular weight excluding hydrogens is 524 g/mol. The van der Waals surface area contributed by atoms with Gasteiger partial charge in [0, 0.05) is 25.1 Å². The van der Waals surface area contributed by atoms with E-state index in [2.05, 4.69) is 44.7 Å². The lowest BCUT2D eigenvalue weighted by Gasteiger charge is -2.34. The summed E-state index contributed by atoms with van der Waals surface area (Å²) in [6, 6.07) is 8.47. The fourth-order valence-corrected chi connectivity index (χ4v) is 4.57. The van der Waals surface area contributed by atoms with E-state index in [0.29, 0.717) is 23.7 Å². The molecule has 0 aliphatic carbocycles. The molecule has 2 heterocycles. The predicted molar refractivity (Wildman–Crippen MR) is 129 cm³/mol. The van der Waals surface area contributed by atoms with Crippen molar-refractivity contribution in [1.29, 1.82) is 0 Å². The number of alkyl halides is 1. The van der Waals surface area contributed by atoms with Gasteiger partial charge < -0.3 is 9.64 Å². The molecular formula is C23H27FIN5O2. The van der Waals surface area contributed by atoms with Gasteiger partial charge in [-0.2, -0.15) is 15.0 Å². The number of hydrogen-bond acceptors (Lipinski definition) is 5.